The van der Waals surface area contributed by atoms with Crippen molar-refractivity contribution in [1.29, 1.82) is 0 Å². The van der Waals surface area contributed by atoms with Gasteiger partial charge in [-0.25, -0.2) is 8.42 Å². The standard InChI is InChI=1S/C17H17F3N2O3S/c1-12(23)22-14-8-6-13(7-9-14)10-11-21-15-4-2-3-5-16(15)26(24,25)17(18,19)20/h2-9,21H,10-11H2,1H3,(H,22,23). The first-order valence-electron chi connectivity index (χ1n) is 7.62. The summed E-state index contributed by atoms with van der Waals surface area (Å²) >= 11 is 0. The SMILES string of the molecule is CC(=O)Nc1ccc(CCNc2ccccc2S(=O)(=O)C(F)(F)F)cc1. The quantitative estimate of drug-likeness (QED) is 0.796. The van der Waals surface area contributed by atoms with E-state index in [1.807, 2.05) is 0 Å². The summed E-state index contributed by atoms with van der Waals surface area (Å²) in [5.74, 6) is -0.193. The Hall–Kier alpha value is -2.55. The summed E-state index contributed by atoms with van der Waals surface area (Å²) in [6.45, 7) is 1.63. The van der Waals surface area contributed by atoms with Crippen LogP contribution in [0.5, 0.6) is 0 Å². The number of hydrogen-bond donors (Lipinski definition) is 2. The highest BCUT2D eigenvalue weighted by Crippen LogP contribution is 2.34. The van der Waals surface area contributed by atoms with E-state index in [9.17, 15) is 26.4 Å². The predicted molar refractivity (Wildman–Crippen MR) is 92.6 cm³/mol. The van der Waals surface area contributed by atoms with Crippen molar-refractivity contribution >= 4 is 27.1 Å². The van der Waals surface area contributed by atoms with Crippen LogP contribution in [0.25, 0.3) is 0 Å². The lowest BCUT2D eigenvalue weighted by molar-refractivity contribution is -0.114. The summed E-state index contributed by atoms with van der Waals surface area (Å²) in [4.78, 5) is 10.2. The Balaban J connectivity index is 2.06. The van der Waals surface area contributed by atoms with Crippen molar-refractivity contribution in [2.24, 2.45) is 0 Å². The highest BCUT2D eigenvalue weighted by molar-refractivity contribution is 7.92. The van der Waals surface area contributed by atoms with E-state index in [2.05, 4.69) is 10.6 Å². The molecule has 0 unspecified atom stereocenters. The predicted octanol–water partition coefficient (Wildman–Crippen LogP) is 3.59. The van der Waals surface area contributed by atoms with Gasteiger partial charge in [0.05, 0.1) is 10.6 Å². The van der Waals surface area contributed by atoms with Gasteiger partial charge in [-0.3, -0.25) is 4.79 Å². The summed E-state index contributed by atoms with van der Waals surface area (Å²) in [6.07, 6.45) is 0.459. The van der Waals surface area contributed by atoms with Crippen molar-refractivity contribution in [3.8, 4) is 0 Å². The van der Waals surface area contributed by atoms with Gasteiger partial charge in [0.2, 0.25) is 5.91 Å². The number of nitrogens with one attached hydrogen (secondary N) is 2. The van der Waals surface area contributed by atoms with Crippen LogP contribution in [0.1, 0.15) is 12.5 Å². The van der Waals surface area contributed by atoms with Gasteiger partial charge in [0.1, 0.15) is 0 Å². The van der Waals surface area contributed by atoms with Crippen molar-refractivity contribution in [2.75, 3.05) is 17.2 Å². The lowest BCUT2D eigenvalue weighted by Crippen LogP contribution is -2.24. The van der Waals surface area contributed by atoms with Gasteiger partial charge in [-0.05, 0) is 36.2 Å². The van der Waals surface area contributed by atoms with E-state index in [0.29, 0.717) is 12.1 Å². The average molecular weight is 386 g/mol. The van der Waals surface area contributed by atoms with Gasteiger partial charge >= 0.3 is 5.51 Å². The number of para-hydroxylation sites is 1. The zero-order valence-corrected chi connectivity index (χ0v) is 14.6. The van der Waals surface area contributed by atoms with Gasteiger partial charge in [0.15, 0.2) is 0 Å². The van der Waals surface area contributed by atoms with Crippen LogP contribution in [0.2, 0.25) is 0 Å². The fraction of sp³-hybridized carbons (Fsp3) is 0.235. The monoisotopic (exact) mass is 386 g/mol. The Bertz CT molecular complexity index is 879. The summed E-state index contributed by atoms with van der Waals surface area (Å²) in [5.41, 5.74) is -3.94. The van der Waals surface area contributed by atoms with Crippen LogP contribution in [0.4, 0.5) is 24.5 Å². The number of rotatable bonds is 6. The van der Waals surface area contributed by atoms with Gasteiger partial charge < -0.3 is 10.6 Å². The third-order valence-electron chi connectivity index (χ3n) is 3.48. The Morgan fingerprint density at radius 3 is 2.23 bits per heavy atom. The number of sulfone groups is 1. The third-order valence-corrected chi connectivity index (χ3v) is 5.03. The van der Waals surface area contributed by atoms with E-state index in [1.165, 1.54) is 25.1 Å². The Morgan fingerprint density at radius 2 is 1.65 bits per heavy atom. The number of halogens is 3. The van der Waals surface area contributed by atoms with Crippen molar-refractivity contribution < 1.29 is 26.4 Å². The molecule has 0 saturated heterocycles. The van der Waals surface area contributed by atoms with Crippen LogP contribution in [0.15, 0.2) is 53.4 Å². The molecule has 1 amide bonds. The molecule has 0 aliphatic rings. The minimum atomic E-state index is -5.42. The number of carbonyl (C=O) groups is 1. The molecule has 0 aliphatic carbocycles. The number of hydrogen-bond acceptors (Lipinski definition) is 4. The first kappa shape index (κ1) is 19.8. The molecule has 0 saturated carbocycles. The lowest BCUT2D eigenvalue weighted by Gasteiger charge is -2.14. The normalized spacial score (nSPS) is 11.8. The minimum absolute atomic E-state index is 0.0975. The maximum absolute atomic E-state index is 12.8. The molecule has 0 heterocycles. The van der Waals surface area contributed by atoms with Gasteiger partial charge in [-0.2, -0.15) is 13.2 Å². The lowest BCUT2D eigenvalue weighted by atomic mass is 10.1. The summed E-state index contributed by atoms with van der Waals surface area (Å²) in [7, 11) is -5.42. The molecule has 0 atom stereocenters. The zero-order valence-electron chi connectivity index (χ0n) is 13.8. The Morgan fingerprint density at radius 1 is 1.04 bits per heavy atom. The van der Waals surface area contributed by atoms with Gasteiger partial charge in [-0.15, -0.1) is 0 Å². The van der Waals surface area contributed by atoms with Gasteiger partial charge in [0, 0.05) is 19.2 Å². The smallest absolute Gasteiger partial charge is 0.384 e. The second-order valence-corrected chi connectivity index (χ2v) is 7.41. The number of amides is 1. The molecule has 140 valence electrons. The Kier molecular flexibility index (Phi) is 5.91. The van der Waals surface area contributed by atoms with Crippen LogP contribution < -0.4 is 10.6 Å². The van der Waals surface area contributed by atoms with Crippen LogP contribution >= 0.6 is 0 Å². The van der Waals surface area contributed by atoms with E-state index in [0.717, 1.165) is 11.6 Å². The largest absolute Gasteiger partial charge is 0.501 e. The fourth-order valence-electron chi connectivity index (χ4n) is 2.27. The molecule has 2 rings (SSSR count). The second-order valence-electron chi connectivity index (χ2n) is 5.50. The molecule has 0 fully saturated rings. The van der Waals surface area contributed by atoms with Crippen molar-refractivity contribution in [3.63, 3.8) is 0 Å². The highest BCUT2D eigenvalue weighted by Gasteiger charge is 2.47. The van der Waals surface area contributed by atoms with Crippen molar-refractivity contribution in [1.82, 2.24) is 0 Å². The highest BCUT2D eigenvalue weighted by atomic mass is 32.2. The molecule has 2 aromatic rings. The number of benzene rings is 2. The van der Waals surface area contributed by atoms with E-state index in [-0.39, 0.29) is 18.1 Å². The van der Waals surface area contributed by atoms with Gasteiger partial charge in [-0.1, -0.05) is 24.3 Å². The molecule has 5 nitrogen and oxygen atoms in total. The second kappa shape index (κ2) is 7.77. The molecule has 0 radical (unpaired) electrons. The first-order valence-corrected chi connectivity index (χ1v) is 9.10. The fourth-order valence-corrected chi connectivity index (χ4v) is 3.21. The molecule has 0 spiro atoms. The maximum atomic E-state index is 12.8. The number of carbonyl (C=O) groups excluding carboxylic acids is 1. The Labute approximate surface area is 149 Å². The average Bonchev–Trinajstić information content (AvgIpc) is 2.55. The molecule has 2 aromatic carbocycles. The van der Waals surface area contributed by atoms with E-state index in [1.54, 1.807) is 24.3 Å². The van der Waals surface area contributed by atoms with Crippen molar-refractivity contribution in [2.45, 2.75) is 23.7 Å². The summed E-state index contributed by atoms with van der Waals surface area (Å²) < 4.78 is 61.6. The summed E-state index contributed by atoms with van der Waals surface area (Å²) in [5, 5.41) is 5.36. The minimum Gasteiger partial charge on any atom is -0.384 e. The molecule has 2 N–H and O–H groups in total. The van der Waals surface area contributed by atoms with E-state index >= 15 is 0 Å². The van der Waals surface area contributed by atoms with Crippen LogP contribution in [0, 0.1) is 0 Å². The third kappa shape index (κ3) is 4.75. The topological polar surface area (TPSA) is 75.3 Å². The number of anilines is 2. The molecule has 0 bridgehead atoms. The van der Waals surface area contributed by atoms with Crippen LogP contribution in [-0.4, -0.2) is 26.4 Å². The molecule has 0 aliphatic heterocycles. The maximum Gasteiger partial charge on any atom is 0.501 e. The molecular formula is C17H17F3N2O3S. The molecule has 9 heteroatoms. The number of alkyl halides is 3. The van der Waals surface area contributed by atoms with E-state index < -0.39 is 20.2 Å². The van der Waals surface area contributed by atoms with Crippen LogP contribution in [0.3, 0.4) is 0 Å². The zero-order chi connectivity index (χ0) is 19.4. The molecule has 0 aromatic heterocycles. The van der Waals surface area contributed by atoms with Crippen molar-refractivity contribution in [3.05, 3.63) is 54.1 Å². The summed E-state index contributed by atoms with van der Waals surface area (Å²) in [6, 6.07) is 11.9. The molecule has 26 heavy (non-hydrogen) atoms. The molecular weight excluding hydrogens is 369 g/mol. The van der Waals surface area contributed by atoms with Gasteiger partial charge in [0.25, 0.3) is 9.84 Å². The van der Waals surface area contributed by atoms with Crippen LogP contribution in [-0.2, 0) is 21.1 Å². The first-order chi connectivity index (χ1) is 12.1. The van der Waals surface area contributed by atoms with E-state index in [4.69, 9.17) is 0 Å².